The molecule has 0 aliphatic rings. The molecule has 0 amide bonds. The summed E-state index contributed by atoms with van der Waals surface area (Å²) < 4.78 is 4.95. The number of hydrogen-bond donors (Lipinski definition) is 2. The van der Waals surface area contributed by atoms with Gasteiger partial charge in [0.1, 0.15) is 0 Å². The summed E-state index contributed by atoms with van der Waals surface area (Å²) in [6.45, 7) is 3.65. The van der Waals surface area contributed by atoms with Crippen LogP contribution in [0.5, 0.6) is 11.5 Å². The molecular weight excluding hydrogens is 226 g/mol. The van der Waals surface area contributed by atoms with Crippen molar-refractivity contribution in [1.82, 2.24) is 0 Å². The van der Waals surface area contributed by atoms with Gasteiger partial charge in [0.2, 0.25) is 0 Å². The summed E-state index contributed by atoms with van der Waals surface area (Å²) >= 11 is 0. The van der Waals surface area contributed by atoms with Gasteiger partial charge < -0.3 is 15.6 Å². The fraction of sp³-hybridized carbons (Fsp3) is 0.333. The van der Waals surface area contributed by atoms with E-state index in [9.17, 15) is 5.11 Å². The maximum absolute atomic E-state index is 9.56. The number of allylic oxidation sites excluding steroid dienone is 1. The van der Waals surface area contributed by atoms with Crippen molar-refractivity contribution >= 4 is 12.4 Å². The highest BCUT2D eigenvalue weighted by molar-refractivity contribution is 5.85. The van der Waals surface area contributed by atoms with E-state index in [1.165, 1.54) is 7.11 Å². The Labute approximate surface area is 102 Å². The van der Waals surface area contributed by atoms with E-state index < -0.39 is 0 Å². The molecule has 1 aromatic carbocycles. The Balaban J connectivity index is 0.00000225. The summed E-state index contributed by atoms with van der Waals surface area (Å²) in [6.07, 6.45) is 3.53. The Morgan fingerprint density at radius 2 is 2.25 bits per heavy atom. The quantitative estimate of drug-likeness (QED) is 0.782. The third kappa shape index (κ3) is 3.76. The van der Waals surface area contributed by atoms with Gasteiger partial charge in [0, 0.05) is 6.04 Å². The van der Waals surface area contributed by atoms with Crippen molar-refractivity contribution in [2.45, 2.75) is 18.9 Å². The molecule has 0 fully saturated rings. The number of hydrogen-bond acceptors (Lipinski definition) is 3. The van der Waals surface area contributed by atoms with Gasteiger partial charge in [-0.3, -0.25) is 0 Å². The van der Waals surface area contributed by atoms with Gasteiger partial charge in [0.05, 0.1) is 7.11 Å². The monoisotopic (exact) mass is 243 g/mol. The summed E-state index contributed by atoms with van der Waals surface area (Å²) in [5.41, 5.74) is 6.85. The summed E-state index contributed by atoms with van der Waals surface area (Å²) in [4.78, 5) is 0. The van der Waals surface area contributed by atoms with Crippen LogP contribution in [0, 0.1) is 0 Å². The van der Waals surface area contributed by atoms with Gasteiger partial charge in [-0.1, -0.05) is 12.1 Å². The molecule has 0 saturated carbocycles. The van der Waals surface area contributed by atoms with Crippen LogP contribution in [-0.2, 0) is 0 Å². The molecule has 1 rings (SSSR count). The first-order valence-corrected chi connectivity index (χ1v) is 4.92. The fourth-order valence-electron chi connectivity index (χ4n) is 1.40. The molecule has 0 heterocycles. The number of phenolic OH excluding ortho intramolecular Hbond substituents is 1. The number of aromatic hydroxyl groups is 1. The standard InChI is InChI=1S/C12H17NO2.ClH/c1-3-4-5-10(13)9-6-7-12(15-2)11(14)8-9;/h3,6-8,10,14H,1,4-5,13H2,2H3;1H/t10-;/m1./s1. The molecule has 0 aromatic heterocycles. The normalized spacial score (nSPS) is 11.4. The minimum atomic E-state index is -0.0696. The van der Waals surface area contributed by atoms with Crippen LogP contribution in [0.3, 0.4) is 0 Å². The lowest BCUT2D eigenvalue weighted by molar-refractivity contribution is 0.372. The molecule has 0 aliphatic carbocycles. The van der Waals surface area contributed by atoms with Crippen molar-refractivity contribution in [3.05, 3.63) is 36.4 Å². The maximum atomic E-state index is 9.56. The van der Waals surface area contributed by atoms with Gasteiger partial charge in [-0.05, 0) is 30.5 Å². The summed E-state index contributed by atoms with van der Waals surface area (Å²) in [7, 11) is 1.52. The van der Waals surface area contributed by atoms with Crippen molar-refractivity contribution in [1.29, 1.82) is 0 Å². The van der Waals surface area contributed by atoms with Gasteiger partial charge in [-0.25, -0.2) is 0 Å². The van der Waals surface area contributed by atoms with Crippen molar-refractivity contribution in [3.8, 4) is 11.5 Å². The molecule has 1 aromatic rings. The van der Waals surface area contributed by atoms with Crippen molar-refractivity contribution in [2.75, 3.05) is 7.11 Å². The molecule has 0 spiro atoms. The van der Waals surface area contributed by atoms with Crippen molar-refractivity contribution in [2.24, 2.45) is 5.73 Å². The number of rotatable bonds is 5. The molecule has 0 aliphatic heterocycles. The maximum Gasteiger partial charge on any atom is 0.160 e. The molecule has 16 heavy (non-hydrogen) atoms. The first-order chi connectivity index (χ1) is 7.19. The zero-order valence-electron chi connectivity index (χ0n) is 9.35. The van der Waals surface area contributed by atoms with Crippen molar-refractivity contribution < 1.29 is 9.84 Å². The van der Waals surface area contributed by atoms with Crippen LogP contribution in [0.4, 0.5) is 0 Å². The third-order valence-corrected chi connectivity index (χ3v) is 2.31. The number of methoxy groups -OCH3 is 1. The Morgan fingerprint density at radius 3 is 2.75 bits per heavy atom. The molecular formula is C12H18ClNO2. The Bertz CT molecular complexity index is 342. The average Bonchev–Trinajstić information content (AvgIpc) is 2.25. The highest BCUT2D eigenvalue weighted by Gasteiger charge is 2.08. The predicted molar refractivity (Wildman–Crippen MR) is 68.3 cm³/mol. The first kappa shape index (κ1) is 14.8. The highest BCUT2D eigenvalue weighted by Crippen LogP contribution is 2.29. The van der Waals surface area contributed by atoms with Crippen molar-refractivity contribution in [3.63, 3.8) is 0 Å². The Morgan fingerprint density at radius 1 is 1.56 bits per heavy atom. The van der Waals surface area contributed by atoms with E-state index >= 15 is 0 Å². The largest absolute Gasteiger partial charge is 0.504 e. The Kier molecular flexibility index (Phi) is 6.61. The lowest BCUT2D eigenvalue weighted by atomic mass is 10.0. The second-order valence-electron chi connectivity index (χ2n) is 3.40. The zero-order valence-corrected chi connectivity index (χ0v) is 10.2. The molecule has 0 bridgehead atoms. The first-order valence-electron chi connectivity index (χ1n) is 4.92. The van der Waals surface area contributed by atoms with Gasteiger partial charge in [0.25, 0.3) is 0 Å². The molecule has 1 atom stereocenters. The number of benzene rings is 1. The van der Waals surface area contributed by atoms with Crippen LogP contribution in [0.15, 0.2) is 30.9 Å². The SMILES string of the molecule is C=CCC[C@@H](N)c1ccc(OC)c(O)c1.Cl. The molecule has 0 saturated heterocycles. The van der Waals surface area contributed by atoms with Gasteiger partial charge in [-0.15, -0.1) is 19.0 Å². The molecule has 0 radical (unpaired) electrons. The van der Waals surface area contributed by atoms with Crippen LogP contribution in [-0.4, -0.2) is 12.2 Å². The number of nitrogens with two attached hydrogens (primary N) is 1. The smallest absolute Gasteiger partial charge is 0.160 e. The van der Waals surface area contributed by atoms with Gasteiger partial charge >= 0.3 is 0 Å². The second kappa shape index (κ2) is 7.14. The lowest BCUT2D eigenvalue weighted by Crippen LogP contribution is -2.09. The lowest BCUT2D eigenvalue weighted by Gasteiger charge is -2.12. The Hall–Kier alpha value is -1.19. The topological polar surface area (TPSA) is 55.5 Å². The molecule has 3 N–H and O–H groups in total. The third-order valence-electron chi connectivity index (χ3n) is 2.31. The summed E-state index contributed by atoms with van der Waals surface area (Å²) in [5, 5.41) is 9.56. The van der Waals surface area contributed by atoms with E-state index in [0.29, 0.717) is 5.75 Å². The van der Waals surface area contributed by atoms with E-state index in [-0.39, 0.29) is 24.2 Å². The summed E-state index contributed by atoms with van der Waals surface area (Å²) in [5.74, 6) is 0.596. The second-order valence-corrected chi connectivity index (χ2v) is 3.40. The van der Waals surface area contributed by atoms with Gasteiger partial charge in [-0.2, -0.15) is 0 Å². The molecule has 3 nitrogen and oxygen atoms in total. The van der Waals surface area contributed by atoms with E-state index in [1.807, 2.05) is 12.1 Å². The van der Waals surface area contributed by atoms with E-state index in [0.717, 1.165) is 18.4 Å². The highest BCUT2D eigenvalue weighted by atomic mass is 35.5. The van der Waals surface area contributed by atoms with Gasteiger partial charge in [0.15, 0.2) is 11.5 Å². The minimum absolute atomic E-state index is 0. The number of ether oxygens (including phenoxy) is 1. The van der Waals surface area contributed by atoms with Crippen LogP contribution in [0.1, 0.15) is 24.4 Å². The van der Waals surface area contributed by atoms with E-state index in [2.05, 4.69) is 6.58 Å². The fourth-order valence-corrected chi connectivity index (χ4v) is 1.40. The number of phenols is 1. The van der Waals surface area contributed by atoms with E-state index in [1.54, 1.807) is 12.1 Å². The summed E-state index contributed by atoms with van der Waals surface area (Å²) in [6, 6.07) is 5.16. The van der Waals surface area contributed by atoms with Crippen LogP contribution < -0.4 is 10.5 Å². The molecule has 90 valence electrons. The van der Waals surface area contributed by atoms with Crippen LogP contribution >= 0.6 is 12.4 Å². The van der Waals surface area contributed by atoms with Crippen LogP contribution in [0.2, 0.25) is 0 Å². The van der Waals surface area contributed by atoms with Crippen LogP contribution in [0.25, 0.3) is 0 Å². The zero-order chi connectivity index (χ0) is 11.3. The molecule has 0 unspecified atom stereocenters. The molecule has 4 heteroatoms. The predicted octanol–water partition coefficient (Wildman–Crippen LogP) is 2.79. The average molecular weight is 244 g/mol. The number of halogens is 1. The van der Waals surface area contributed by atoms with E-state index in [4.69, 9.17) is 10.5 Å². The minimum Gasteiger partial charge on any atom is -0.504 e.